The van der Waals surface area contributed by atoms with Crippen molar-refractivity contribution in [2.24, 2.45) is 0 Å². The van der Waals surface area contributed by atoms with Gasteiger partial charge in [-0.3, -0.25) is 0 Å². The average molecular weight is 362 g/mol. The summed E-state index contributed by atoms with van der Waals surface area (Å²) in [5.74, 6) is 0. The molecule has 0 N–H and O–H groups in total. The van der Waals surface area contributed by atoms with Gasteiger partial charge in [0.25, 0.3) is 0 Å². The van der Waals surface area contributed by atoms with E-state index in [1.54, 1.807) is 6.92 Å². The first-order valence-corrected chi connectivity index (χ1v) is 8.00. The number of hydrogen-bond donors (Lipinski definition) is 0. The molecule has 0 atom stereocenters. The van der Waals surface area contributed by atoms with E-state index in [1.165, 1.54) is 12.8 Å². The van der Waals surface area contributed by atoms with Crippen molar-refractivity contribution in [1.29, 1.82) is 0 Å². The molecular weight excluding hydrogens is 352 g/mol. The smallest absolute Gasteiger partial charge is 0.172 e. The molecular formula is C10H10O3W-2. The van der Waals surface area contributed by atoms with Gasteiger partial charge in [-0.25, -0.2) is 12.1 Å². The van der Waals surface area contributed by atoms with Gasteiger partial charge in [-0.1, -0.05) is 0 Å². The molecule has 0 saturated heterocycles. The Balaban J connectivity index is 0. The molecule has 0 aromatic heterocycles. The predicted octanol–water partition coefficient (Wildman–Crippen LogP) is 1.05. The van der Waals surface area contributed by atoms with Gasteiger partial charge in [-0.2, -0.15) is 25.1 Å². The molecule has 3 nitrogen and oxygen atoms in total. The van der Waals surface area contributed by atoms with Gasteiger partial charge in [0.05, 0.1) is 0 Å². The molecule has 0 heterocycles. The molecule has 0 spiro atoms. The summed E-state index contributed by atoms with van der Waals surface area (Å²) in [6, 6.07) is 10.0. The van der Waals surface area contributed by atoms with E-state index in [0.29, 0.717) is 0 Å². The summed E-state index contributed by atoms with van der Waals surface area (Å²) in [5, 5.41) is 0. The first-order valence-electron chi connectivity index (χ1n) is 3.60. The Morgan fingerprint density at radius 3 is 1.43 bits per heavy atom. The van der Waals surface area contributed by atoms with Crippen molar-refractivity contribution in [1.82, 2.24) is 0 Å². The first-order chi connectivity index (χ1) is 6.85. The van der Waals surface area contributed by atoms with Gasteiger partial charge in [0.2, 0.25) is 0 Å². The number of rotatable bonds is 0. The Morgan fingerprint density at radius 2 is 1.36 bits per heavy atom. The molecule has 0 amide bonds. The van der Waals surface area contributed by atoms with E-state index in [0.717, 1.165) is 0 Å². The zero-order chi connectivity index (χ0) is 11.2. The molecule has 0 aliphatic heterocycles. The van der Waals surface area contributed by atoms with E-state index in [9.17, 15) is 14.4 Å². The van der Waals surface area contributed by atoms with Crippen LogP contribution in [0.3, 0.4) is 0 Å². The van der Waals surface area contributed by atoms with Crippen molar-refractivity contribution in [3.63, 3.8) is 0 Å². The van der Waals surface area contributed by atoms with Crippen molar-refractivity contribution >= 4 is 12.8 Å². The van der Waals surface area contributed by atoms with Gasteiger partial charge in [0.1, 0.15) is 0 Å². The zero-order valence-electron chi connectivity index (χ0n) is 7.73. The van der Waals surface area contributed by atoms with Crippen LogP contribution in [-0.2, 0) is 30.3 Å². The van der Waals surface area contributed by atoms with Gasteiger partial charge in [0, 0.05) is 0 Å². The molecule has 0 unspecified atom stereocenters. The van der Waals surface area contributed by atoms with Gasteiger partial charge in [-0.15, -0.1) is 0 Å². The molecule has 76 valence electrons. The van der Waals surface area contributed by atoms with Crippen LogP contribution in [0.2, 0.25) is 0 Å². The minimum Gasteiger partial charge on any atom is -0.346 e. The van der Waals surface area contributed by atoms with E-state index in [1.807, 2.05) is 30.3 Å². The summed E-state index contributed by atoms with van der Waals surface area (Å²) < 4.78 is 3.90. The van der Waals surface area contributed by atoms with Crippen LogP contribution >= 0.6 is 0 Å². The normalized spacial score (nSPS) is 5.86. The summed E-state index contributed by atoms with van der Waals surface area (Å²) in [4.78, 5) is 28.2. The predicted molar refractivity (Wildman–Crippen MR) is 50.1 cm³/mol. The van der Waals surface area contributed by atoms with Crippen LogP contribution in [0.15, 0.2) is 30.3 Å². The van der Waals surface area contributed by atoms with E-state index < -0.39 is 15.9 Å². The fraction of sp³-hybridized carbons (Fsp3) is 0.100. The van der Waals surface area contributed by atoms with E-state index in [4.69, 9.17) is 0 Å². The second-order valence-corrected chi connectivity index (χ2v) is 5.51. The maximum absolute atomic E-state index is 9.40. The molecule has 4 heteroatoms. The number of hydrogen-bond acceptors (Lipinski definition) is 3. The van der Waals surface area contributed by atoms with Crippen LogP contribution in [0.5, 0.6) is 0 Å². The molecule has 0 saturated carbocycles. The summed E-state index contributed by atoms with van der Waals surface area (Å²) in [7, 11) is 0. The SMILES string of the molecule is O=[C]=[W](=[C]=O)=[C]=O.[CH2-]C.c1cc[cH-]c1. The van der Waals surface area contributed by atoms with Crippen LogP contribution in [0.1, 0.15) is 6.92 Å². The fourth-order valence-electron chi connectivity index (χ4n) is 0.372. The quantitative estimate of drug-likeness (QED) is 0.649. The molecule has 0 fully saturated rings. The van der Waals surface area contributed by atoms with Crippen LogP contribution < -0.4 is 0 Å². The van der Waals surface area contributed by atoms with Crippen LogP contribution in [0.25, 0.3) is 0 Å². The van der Waals surface area contributed by atoms with Gasteiger partial charge in [-0.05, 0) is 0 Å². The van der Waals surface area contributed by atoms with Crippen molar-refractivity contribution in [3.8, 4) is 0 Å². The Kier molecular flexibility index (Phi) is 15.6. The Morgan fingerprint density at radius 1 is 1.00 bits per heavy atom. The minimum atomic E-state index is -3.05. The third-order valence-corrected chi connectivity index (χ3v) is 2.60. The Hall–Kier alpha value is -1.22. The van der Waals surface area contributed by atoms with Crippen molar-refractivity contribution in [3.05, 3.63) is 37.3 Å². The van der Waals surface area contributed by atoms with E-state index >= 15 is 0 Å². The zero-order valence-corrected chi connectivity index (χ0v) is 10.7. The molecule has 0 aliphatic carbocycles. The molecule has 14 heavy (non-hydrogen) atoms. The Bertz CT molecular complexity index is 347. The molecule has 0 radical (unpaired) electrons. The first kappa shape index (κ1) is 15.3. The van der Waals surface area contributed by atoms with Crippen molar-refractivity contribution in [2.75, 3.05) is 0 Å². The van der Waals surface area contributed by atoms with Crippen LogP contribution in [-0.4, -0.2) is 12.8 Å². The van der Waals surface area contributed by atoms with Crippen molar-refractivity contribution in [2.45, 2.75) is 6.92 Å². The van der Waals surface area contributed by atoms with E-state index in [2.05, 4.69) is 6.92 Å². The third kappa shape index (κ3) is 10.8. The summed E-state index contributed by atoms with van der Waals surface area (Å²) in [6.45, 7) is 5.00. The Labute approximate surface area is 87.4 Å². The summed E-state index contributed by atoms with van der Waals surface area (Å²) >= 11 is -3.05. The molecule has 0 bridgehead atoms. The minimum absolute atomic E-state index is 1.30. The topological polar surface area (TPSA) is 51.2 Å². The maximum atomic E-state index is 9.40. The average Bonchev–Trinajstić information content (AvgIpc) is 2.82. The summed E-state index contributed by atoms with van der Waals surface area (Å²) in [5.41, 5.74) is 0. The van der Waals surface area contributed by atoms with Gasteiger partial charge in [0.15, 0.2) is 0 Å². The standard InChI is InChI=1S/C5H5.C2H5.3CO.W/c1-2-4-5-3-1;4*1-2;/h1-5H;1H2,2H3;;;;/q2*-1;;;;. The molecule has 0 aliphatic rings. The largest absolute Gasteiger partial charge is 0.346 e. The van der Waals surface area contributed by atoms with Crippen LogP contribution in [0, 0.1) is 6.92 Å². The third-order valence-electron chi connectivity index (χ3n) is 0.806. The fourth-order valence-corrected chi connectivity index (χ4v) is 0.738. The molecule has 1 aromatic rings. The number of carbonyl (C=O) groups excluding carboxylic acids is 3. The van der Waals surface area contributed by atoms with Gasteiger partial charge >= 0.3 is 43.1 Å². The second kappa shape index (κ2) is 14.3. The second-order valence-electron chi connectivity index (χ2n) is 1.52. The van der Waals surface area contributed by atoms with E-state index in [-0.39, 0.29) is 0 Å². The maximum Gasteiger partial charge on any atom is -0.172 e. The van der Waals surface area contributed by atoms with Gasteiger partial charge < -0.3 is 6.92 Å². The van der Waals surface area contributed by atoms with Crippen molar-refractivity contribution < 1.29 is 30.3 Å². The molecule has 1 rings (SSSR count). The summed E-state index contributed by atoms with van der Waals surface area (Å²) in [6.07, 6.45) is 0. The monoisotopic (exact) mass is 362 g/mol. The van der Waals surface area contributed by atoms with Crippen LogP contribution in [0.4, 0.5) is 0 Å². The molecule has 1 aromatic carbocycles.